The second-order valence-electron chi connectivity index (χ2n) is 2.41. The van der Waals surface area contributed by atoms with E-state index in [0.717, 1.165) is 0 Å². The molecule has 0 aromatic rings. The average molecular weight is 243 g/mol. The average Bonchev–Trinajstić information content (AvgIpc) is 2.02. The fraction of sp³-hybridized carbons (Fsp3) is 0.667. The third-order valence-corrected chi connectivity index (χ3v) is 1.81. The van der Waals surface area contributed by atoms with E-state index in [1.807, 2.05) is 0 Å². The van der Waals surface area contributed by atoms with E-state index < -0.39 is 34.5 Å². The Labute approximate surface area is 86.4 Å². The second-order valence-corrected chi connectivity index (χ2v) is 4.15. The predicted octanol–water partition coefficient (Wildman–Crippen LogP) is -1.23. The SMILES string of the molecule is CCS(=O)(=O)O.N[C@@H](CC(=O)O)C(=O)O. The van der Waals surface area contributed by atoms with Gasteiger partial charge in [-0.15, -0.1) is 0 Å². The Morgan fingerprint density at radius 3 is 1.73 bits per heavy atom. The first-order valence-electron chi connectivity index (χ1n) is 3.75. The van der Waals surface area contributed by atoms with Gasteiger partial charge >= 0.3 is 11.9 Å². The first-order chi connectivity index (χ1) is 6.60. The molecule has 0 radical (unpaired) electrons. The van der Waals surface area contributed by atoms with Crippen LogP contribution in [0.3, 0.4) is 0 Å². The first-order valence-corrected chi connectivity index (χ1v) is 5.36. The van der Waals surface area contributed by atoms with Crippen molar-refractivity contribution in [3.8, 4) is 0 Å². The number of rotatable bonds is 4. The Hall–Kier alpha value is -1.19. The maximum atomic E-state index is 9.85. The quantitative estimate of drug-likeness (QED) is 0.447. The molecule has 0 amide bonds. The fourth-order valence-electron chi connectivity index (χ4n) is 0.275. The van der Waals surface area contributed by atoms with Crippen LogP contribution in [0.15, 0.2) is 0 Å². The van der Waals surface area contributed by atoms with Crippen LogP contribution >= 0.6 is 0 Å². The molecule has 90 valence electrons. The summed E-state index contributed by atoms with van der Waals surface area (Å²) in [6.07, 6.45) is -0.532. The lowest BCUT2D eigenvalue weighted by atomic mass is 10.2. The van der Waals surface area contributed by atoms with E-state index in [1.165, 1.54) is 6.92 Å². The number of hydrogen-bond acceptors (Lipinski definition) is 5. The van der Waals surface area contributed by atoms with Crippen molar-refractivity contribution in [3.05, 3.63) is 0 Å². The summed E-state index contributed by atoms with van der Waals surface area (Å²) in [5.74, 6) is -2.70. The van der Waals surface area contributed by atoms with Gasteiger partial charge in [-0.3, -0.25) is 14.1 Å². The number of aliphatic carboxylic acids is 2. The van der Waals surface area contributed by atoms with Crippen molar-refractivity contribution in [1.82, 2.24) is 0 Å². The highest BCUT2D eigenvalue weighted by Gasteiger charge is 2.14. The van der Waals surface area contributed by atoms with Crippen molar-refractivity contribution in [3.63, 3.8) is 0 Å². The van der Waals surface area contributed by atoms with Crippen LogP contribution < -0.4 is 5.73 Å². The van der Waals surface area contributed by atoms with Crippen molar-refractivity contribution >= 4 is 22.1 Å². The summed E-state index contributed by atoms with van der Waals surface area (Å²) in [6, 6.07) is -1.29. The molecule has 0 heterocycles. The molecule has 8 nitrogen and oxygen atoms in total. The summed E-state index contributed by atoms with van der Waals surface area (Å²) >= 11 is 0. The van der Waals surface area contributed by atoms with Gasteiger partial charge in [0.05, 0.1) is 12.2 Å². The van der Waals surface area contributed by atoms with E-state index in [0.29, 0.717) is 0 Å². The predicted molar refractivity (Wildman–Crippen MR) is 50.0 cm³/mol. The second kappa shape index (κ2) is 7.15. The molecule has 0 bridgehead atoms. The highest BCUT2D eigenvalue weighted by molar-refractivity contribution is 7.85. The van der Waals surface area contributed by atoms with E-state index in [1.54, 1.807) is 0 Å². The van der Waals surface area contributed by atoms with Gasteiger partial charge in [0, 0.05) is 0 Å². The minimum Gasteiger partial charge on any atom is -0.481 e. The van der Waals surface area contributed by atoms with Gasteiger partial charge < -0.3 is 15.9 Å². The fourth-order valence-corrected chi connectivity index (χ4v) is 0.275. The van der Waals surface area contributed by atoms with Crippen LogP contribution in [0, 0.1) is 0 Å². The summed E-state index contributed by atoms with van der Waals surface area (Å²) < 4.78 is 26.9. The Bertz CT molecular complexity index is 309. The molecule has 0 aromatic carbocycles. The summed E-state index contributed by atoms with van der Waals surface area (Å²) in [5, 5.41) is 16.0. The minimum absolute atomic E-state index is 0.201. The molecule has 0 unspecified atom stereocenters. The van der Waals surface area contributed by atoms with Crippen molar-refractivity contribution < 1.29 is 32.8 Å². The van der Waals surface area contributed by atoms with Crippen molar-refractivity contribution in [2.24, 2.45) is 5.73 Å². The monoisotopic (exact) mass is 243 g/mol. The van der Waals surface area contributed by atoms with Gasteiger partial charge in [-0.25, -0.2) is 0 Å². The zero-order chi connectivity index (χ0) is 12.6. The maximum Gasteiger partial charge on any atom is 0.321 e. The van der Waals surface area contributed by atoms with E-state index in [-0.39, 0.29) is 5.75 Å². The highest BCUT2D eigenvalue weighted by Crippen LogP contribution is 1.86. The van der Waals surface area contributed by atoms with Gasteiger partial charge in [-0.05, 0) is 6.92 Å². The summed E-state index contributed by atoms with van der Waals surface area (Å²) in [4.78, 5) is 19.6. The van der Waals surface area contributed by atoms with E-state index in [4.69, 9.17) is 20.5 Å². The number of carboxylic acid groups (broad SMARTS) is 2. The molecule has 0 aromatic heterocycles. The van der Waals surface area contributed by atoms with Crippen LogP contribution in [0.5, 0.6) is 0 Å². The molecule has 0 spiro atoms. The summed E-state index contributed by atoms with van der Waals surface area (Å²) in [5.41, 5.74) is 4.84. The number of carboxylic acids is 2. The van der Waals surface area contributed by atoms with Crippen LogP contribution in [-0.2, 0) is 19.7 Å². The van der Waals surface area contributed by atoms with Crippen LogP contribution in [-0.4, -0.2) is 46.9 Å². The molecule has 5 N–H and O–H groups in total. The largest absolute Gasteiger partial charge is 0.481 e. The molecular weight excluding hydrogens is 230 g/mol. The Morgan fingerprint density at radius 2 is 1.67 bits per heavy atom. The molecule has 15 heavy (non-hydrogen) atoms. The van der Waals surface area contributed by atoms with Gasteiger partial charge in [0.25, 0.3) is 10.1 Å². The topological polar surface area (TPSA) is 155 Å². The molecule has 0 saturated heterocycles. The van der Waals surface area contributed by atoms with Gasteiger partial charge in [0.15, 0.2) is 0 Å². The normalized spacial score (nSPS) is 12.2. The van der Waals surface area contributed by atoms with Gasteiger partial charge in [-0.2, -0.15) is 8.42 Å². The van der Waals surface area contributed by atoms with Crippen molar-refractivity contribution in [1.29, 1.82) is 0 Å². The third kappa shape index (κ3) is 15.6. The van der Waals surface area contributed by atoms with Crippen LogP contribution in [0.2, 0.25) is 0 Å². The van der Waals surface area contributed by atoms with Gasteiger partial charge in [0.2, 0.25) is 0 Å². The number of nitrogens with two attached hydrogens (primary N) is 1. The standard InChI is InChI=1S/C4H7NO4.C2H6O3S/c5-2(4(8)9)1-3(6)7;1-2-6(3,4)5/h2H,1,5H2,(H,6,7)(H,8,9);2H2,1H3,(H,3,4,5)/t2-;/m0./s1. The smallest absolute Gasteiger partial charge is 0.321 e. The molecule has 1 atom stereocenters. The maximum absolute atomic E-state index is 9.85. The minimum atomic E-state index is -3.66. The first kappa shape index (κ1) is 16.2. The molecule has 0 aliphatic rings. The zero-order valence-electron chi connectivity index (χ0n) is 7.95. The van der Waals surface area contributed by atoms with E-state index >= 15 is 0 Å². The lowest BCUT2D eigenvalue weighted by Gasteiger charge is -1.99. The molecular formula is C6H13NO7S. The lowest BCUT2D eigenvalue weighted by Crippen LogP contribution is -2.32. The third-order valence-electron chi connectivity index (χ3n) is 1.08. The number of carbonyl (C=O) groups is 2. The molecule has 9 heteroatoms. The van der Waals surface area contributed by atoms with Gasteiger partial charge in [0.1, 0.15) is 6.04 Å². The van der Waals surface area contributed by atoms with Crippen molar-refractivity contribution in [2.75, 3.05) is 5.75 Å². The molecule has 0 saturated carbocycles. The van der Waals surface area contributed by atoms with Gasteiger partial charge in [-0.1, -0.05) is 0 Å². The molecule has 0 aliphatic heterocycles. The van der Waals surface area contributed by atoms with Crippen LogP contribution in [0.25, 0.3) is 0 Å². The number of hydrogen-bond donors (Lipinski definition) is 4. The Morgan fingerprint density at radius 1 is 1.33 bits per heavy atom. The molecule has 0 rings (SSSR count). The van der Waals surface area contributed by atoms with Crippen LogP contribution in [0.4, 0.5) is 0 Å². The summed E-state index contributed by atoms with van der Waals surface area (Å²) in [6.45, 7) is 1.37. The van der Waals surface area contributed by atoms with Crippen LogP contribution in [0.1, 0.15) is 13.3 Å². The lowest BCUT2D eigenvalue weighted by molar-refractivity contribution is -0.144. The molecule has 0 fully saturated rings. The summed E-state index contributed by atoms with van der Waals surface area (Å²) in [7, 11) is -3.66. The van der Waals surface area contributed by atoms with Crippen molar-refractivity contribution in [2.45, 2.75) is 19.4 Å². The van der Waals surface area contributed by atoms with E-state index in [2.05, 4.69) is 0 Å². The molecule has 0 aliphatic carbocycles. The van der Waals surface area contributed by atoms with E-state index in [9.17, 15) is 18.0 Å². The highest BCUT2D eigenvalue weighted by atomic mass is 32.2. The Kier molecular flexibility index (Phi) is 7.74. The Balaban J connectivity index is 0. The zero-order valence-corrected chi connectivity index (χ0v) is 8.77.